The molecular weight excluding hydrogens is 406 g/mol. The highest BCUT2D eigenvalue weighted by atomic mass is 17.3. The summed E-state index contributed by atoms with van der Waals surface area (Å²) in [6.07, 6.45) is 5.99. The van der Waals surface area contributed by atoms with E-state index < -0.39 is 23.6 Å². The molecule has 2 spiro atoms. The third kappa shape index (κ3) is 3.68. The Morgan fingerprint density at radius 3 is 2.42 bits per heavy atom. The molecule has 5 aliphatic carbocycles. The molecule has 6 rings (SSSR count). The molecule has 10 heteroatoms. The van der Waals surface area contributed by atoms with E-state index in [1.807, 2.05) is 0 Å². The lowest BCUT2D eigenvalue weighted by atomic mass is 9.50. The molecule has 3 amide bonds. The van der Waals surface area contributed by atoms with E-state index in [1.54, 1.807) is 0 Å². The van der Waals surface area contributed by atoms with E-state index in [-0.39, 0.29) is 42.2 Å². The lowest BCUT2D eigenvalue weighted by Crippen LogP contribution is -2.69. The monoisotopic (exact) mass is 437 g/mol. The Bertz CT molecular complexity index is 773. The summed E-state index contributed by atoms with van der Waals surface area (Å²) < 4.78 is 11.9. The number of carbonyl (C=O) groups is 3. The summed E-state index contributed by atoms with van der Waals surface area (Å²) >= 11 is 0. The van der Waals surface area contributed by atoms with Crippen LogP contribution in [0.25, 0.3) is 0 Å². The fourth-order valence-corrected chi connectivity index (χ4v) is 7.03. The van der Waals surface area contributed by atoms with Gasteiger partial charge in [0.15, 0.2) is 0 Å². The molecule has 1 saturated heterocycles. The summed E-state index contributed by atoms with van der Waals surface area (Å²) in [6, 6.07) is 0. The number of rotatable bonds is 5. The molecule has 0 aromatic carbocycles. The second kappa shape index (κ2) is 7.31. The summed E-state index contributed by atoms with van der Waals surface area (Å²) in [7, 11) is 0. The minimum atomic E-state index is -0.925. The maximum atomic E-state index is 12.5. The summed E-state index contributed by atoms with van der Waals surface area (Å²) in [5.74, 6) is -1.64. The molecule has 4 atom stereocenters. The molecule has 10 nitrogen and oxygen atoms in total. The van der Waals surface area contributed by atoms with Gasteiger partial charge in [0.1, 0.15) is 6.10 Å². The maximum Gasteiger partial charge on any atom is 0.404 e. The van der Waals surface area contributed by atoms with Crippen LogP contribution in [0.2, 0.25) is 0 Å². The van der Waals surface area contributed by atoms with Crippen LogP contribution in [0.5, 0.6) is 0 Å². The lowest BCUT2D eigenvalue weighted by Gasteiger charge is -2.62. The number of nitrogens with one attached hydrogen (secondary N) is 1. The van der Waals surface area contributed by atoms with Gasteiger partial charge in [-0.2, -0.15) is 9.78 Å². The molecule has 0 aromatic heterocycles. The Morgan fingerprint density at radius 1 is 1.00 bits per heavy atom. The van der Waals surface area contributed by atoms with E-state index in [0.717, 1.165) is 44.9 Å². The van der Waals surface area contributed by atoms with E-state index in [0.29, 0.717) is 18.8 Å². The molecule has 3 unspecified atom stereocenters. The standard InChI is InChI=1S/C21H31N3O7/c22-16(25)3-4-17(26)24-19-8-12-6-13(9-19)21(14(7-12)10-19)29-20(30-31-21)5-1-2-15(11-20)28-18(23)27/h12-15H,1-11H2,(H2,22,25)(H2,23,27)(H,24,26)/t12?,13?,14?,15?,19?,20-,21?/m1/s1. The second-order valence-electron chi connectivity index (χ2n) is 10.2. The van der Waals surface area contributed by atoms with E-state index in [9.17, 15) is 14.4 Å². The van der Waals surface area contributed by atoms with Gasteiger partial charge in [0.05, 0.1) is 0 Å². The summed E-state index contributed by atoms with van der Waals surface area (Å²) in [5.41, 5.74) is 10.1. The first-order valence-corrected chi connectivity index (χ1v) is 11.3. The van der Waals surface area contributed by atoms with Crippen LogP contribution in [0, 0.1) is 17.8 Å². The zero-order valence-corrected chi connectivity index (χ0v) is 17.6. The highest BCUT2D eigenvalue weighted by molar-refractivity contribution is 5.83. The van der Waals surface area contributed by atoms with Crippen LogP contribution in [-0.2, 0) is 28.8 Å². The van der Waals surface area contributed by atoms with Crippen molar-refractivity contribution in [1.82, 2.24) is 5.32 Å². The molecule has 5 saturated carbocycles. The van der Waals surface area contributed by atoms with Crippen molar-refractivity contribution in [2.75, 3.05) is 0 Å². The van der Waals surface area contributed by atoms with Crippen molar-refractivity contribution < 1.29 is 33.6 Å². The van der Waals surface area contributed by atoms with Crippen molar-refractivity contribution in [2.45, 2.75) is 93.8 Å². The molecule has 172 valence electrons. The van der Waals surface area contributed by atoms with Crippen molar-refractivity contribution in [1.29, 1.82) is 0 Å². The largest absolute Gasteiger partial charge is 0.446 e. The normalized spacial score (nSPS) is 45.2. The number of hydrogen-bond acceptors (Lipinski definition) is 7. The molecule has 31 heavy (non-hydrogen) atoms. The smallest absolute Gasteiger partial charge is 0.404 e. The molecule has 5 N–H and O–H groups in total. The number of ether oxygens (including phenoxy) is 2. The third-order valence-corrected chi connectivity index (χ3v) is 7.91. The first kappa shape index (κ1) is 21.0. The minimum absolute atomic E-state index is 0.0548. The molecular formula is C21H31N3O7. The van der Waals surface area contributed by atoms with E-state index in [1.165, 1.54) is 0 Å². The second-order valence-corrected chi connectivity index (χ2v) is 10.2. The van der Waals surface area contributed by atoms with Gasteiger partial charge in [-0.15, -0.1) is 0 Å². The lowest BCUT2D eigenvalue weighted by molar-refractivity contribution is -0.392. The Kier molecular flexibility index (Phi) is 4.95. The molecule has 6 fully saturated rings. The topological polar surface area (TPSA) is 152 Å². The van der Waals surface area contributed by atoms with Gasteiger partial charge in [0.25, 0.3) is 0 Å². The summed E-state index contributed by atoms with van der Waals surface area (Å²) in [6.45, 7) is 0. The van der Waals surface area contributed by atoms with Gasteiger partial charge >= 0.3 is 6.09 Å². The molecule has 4 bridgehead atoms. The van der Waals surface area contributed by atoms with Crippen molar-refractivity contribution >= 4 is 17.9 Å². The van der Waals surface area contributed by atoms with Gasteiger partial charge in [-0.05, 0) is 50.9 Å². The van der Waals surface area contributed by atoms with Gasteiger partial charge in [-0.1, -0.05) is 0 Å². The number of nitrogens with two attached hydrogens (primary N) is 2. The number of hydrogen-bond donors (Lipinski definition) is 3. The molecule has 1 heterocycles. The van der Waals surface area contributed by atoms with Crippen LogP contribution in [0.4, 0.5) is 4.79 Å². The first-order chi connectivity index (χ1) is 14.7. The molecule has 1 aliphatic heterocycles. The van der Waals surface area contributed by atoms with Crippen LogP contribution >= 0.6 is 0 Å². The maximum absolute atomic E-state index is 12.5. The zero-order chi connectivity index (χ0) is 21.9. The number of primary amides is 2. The van der Waals surface area contributed by atoms with Crippen LogP contribution < -0.4 is 16.8 Å². The Morgan fingerprint density at radius 2 is 1.74 bits per heavy atom. The minimum Gasteiger partial charge on any atom is -0.446 e. The number of amides is 3. The third-order valence-electron chi connectivity index (χ3n) is 7.91. The van der Waals surface area contributed by atoms with Gasteiger partial charge in [0.2, 0.25) is 23.4 Å². The van der Waals surface area contributed by atoms with Crippen LogP contribution in [0.1, 0.15) is 70.6 Å². The Labute approximate surface area is 180 Å². The summed E-state index contributed by atoms with van der Waals surface area (Å²) in [5, 5.41) is 3.22. The van der Waals surface area contributed by atoms with E-state index in [4.69, 9.17) is 30.7 Å². The van der Waals surface area contributed by atoms with E-state index >= 15 is 0 Å². The quantitative estimate of drug-likeness (QED) is 0.549. The van der Waals surface area contributed by atoms with Gasteiger partial charge in [-0.25, -0.2) is 4.79 Å². The number of carbonyl (C=O) groups excluding carboxylic acids is 3. The zero-order valence-electron chi connectivity index (χ0n) is 17.6. The SMILES string of the molecule is NC(=O)CCC(=O)NC12CC3CC(C1)C1(OO[C@@]4(CCCC(OC(N)=O)C4)O1)C(C3)C2. The highest BCUT2D eigenvalue weighted by Gasteiger charge is 2.70. The predicted molar refractivity (Wildman–Crippen MR) is 104 cm³/mol. The van der Waals surface area contributed by atoms with Crippen LogP contribution in [0.15, 0.2) is 0 Å². The first-order valence-electron chi connectivity index (χ1n) is 11.3. The van der Waals surface area contributed by atoms with Crippen molar-refractivity contribution in [3.05, 3.63) is 0 Å². The molecule has 6 aliphatic rings. The molecule has 0 radical (unpaired) electrons. The fraction of sp³-hybridized carbons (Fsp3) is 0.857. The fourth-order valence-electron chi connectivity index (χ4n) is 7.03. The van der Waals surface area contributed by atoms with Gasteiger partial charge in [0, 0.05) is 43.1 Å². The van der Waals surface area contributed by atoms with Crippen molar-refractivity contribution in [3.63, 3.8) is 0 Å². The average Bonchev–Trinajstić information content (AvgIpc) is 3.03. The van der Waals surface area contributed by atoms with Gasteiger partial charge in [-0.3, -0.25) is 9.59 Å². The average molecular weight is 437 g/mol. The van der Waals surface area contributed by atoms with Crippen molar-refractivity contribution in [2.24, 2.45) is 29.2 Å². The predicted octanol–water partition coefficient (Wildman–Crippen LogP) is 1.36. The highest BCUT2D eigenvalue weighted by Crippen LogP contribution is 2.65. The molecule has 0 aromatic rings. The Balaban J connectivity index is 1.30. The van der Waals surface area contributed by atoms with Gasteiger partial charge < -0.3 is 26.3 Å². The van der Waals surface area contributed by atoms with Crippen molar-refractivity contribution in [3.8, 4) is 0 Å². The van der Waals surface area contributed by atoms with E-state index in [2.05, 4.69) is 5.32 Å². The Hall–Kier alpha value is -1.91. The van der Waals surface area contributed by atoms with Crippen LogP contribution in [0.3, 0.4) is 0 Å². The van der Waals surface area contributed by atoms with Crippen LogP contribution in [-0.4, -0.2) is 41.1 Å². The summed E-state index contributed by atoms with van der Waals surface area (Å²) in [4.78, 5) is 46.6.